The van der Waals surface area contributed by atoms with Gasteiger partial charge in [-0.15, -0.1) is 0 Å². The van der Waals surface area contributed by atoms with Gasteiger partial charge >= 0.3 is 11.9 Å². The second-order valence-corrected chi connectivity index (χ2v) is 11.1. The Morgan fingerprint density at radius 1 is 0.556 bits per heavy atom. The second kappa shape index (κ2) is 26.9. The molecule has 0 aliphatic rings. The SMILES string of the molecule is CCCCCCCCCCCCCC(=O)OC[C@H](O)COC(=O)CCCCCCCCCCC(C)C. The maximum atomic E-state index is 11.8. The highest BCUT2D eigenvalue weighted by Crippen LogP contribution is 2.14. The minimum Gasteiger partial charge on any atom is -0.463 e. The smallest absolute Gasteiger partial charge is 0.305 e. The molecule has 0 heterocycles. The summed E-state index contributed by atoms with van der Waals surface area (Å²) in [6, 6.07) is 0. The van der Waals surface area contributed by atoms with Crippen molar-refractivity contribution < 1.29 is 24.2 Å². The quantitative estimate of drug-likeness (QED) is 0.0880. The van der Waals surface area contributed by atoms with Crippen LogP contribution >= 0.6 is 0 Å². The molecular formula is C31H60O5. The summed E-state index contributed by atoms with van der Waals surface area (Å²) in [6.07, 6.45) is 24.3. The van der Waals surface area contributed by atoms with E-state index in [-0.39, 0.29) is 25.2 Å². The Morgan fingerprint density at radius 2 is 0.889 bits per heavy atom. The van der Waals surface area contributed by atoms with Gasteiger partial charge in [-0.05, 0) is 18.8 Å². The van der Waals surface area contributed by atoms with Gasteiger partial charge in [0.2, 0.25) is 0 Å². The van der Waals surface area contributed by atoms with Crippen LogP contribution in [0.25, 0.3) is 0 Å². The molecule has 214 valence electrons. The van der Waals surface area contributed by atoms with Crippen molar-refractivity contribution in [2.24, 2.45) is 5.92 Å². The van der Waals surface area contributed by atoms with E-state index in [0.717, 1.165) is 38.0 Å². The van der Waals surface area contributed by atoms with Crippen molar-refractivity contribution >= 4 is 11.9 Å². The first-order valence-corrected chi connectivity index (χ1v) is 15.4. The lowest BCUT2D eigenvalue weighted by molar-refractivity contribution is -0.152. The molecule has 0 radical (unpaired) electrons. The zero-order valence-corrected chi connectivity index (χ0v) is 24.2. The third-order valence-electron chi connectivity index (χ3n) is 6.77. The summed E-state index contributed by atoms with van der Waals surface area (Å²) in [5, 5.41) is 9.91. The van der Waals surface area contributed by atoms with Crippen LogP contribution in [0, 0.1) is 5.92 Å². The van der Waals surface area contributed by atoms with Crippen LogP contribution in [0.3, 0.4) is 0 Å². The summed E-state index contributed by atoms with van der Waals surface area (Å²) >= 11 is 0. The van der Waals surface area contributed by atoms with Gasteiger partial charge in [-0.3, -0.25) is 9.59 Å². The Kier molecular flexibility index (Phi) is 26.1. The molecule has 0 bridgehead atoms. The molecule has 0 aromatic rings. The minimum atomic E-state index is -0.953. The topological polar surface area (TPSA) is 72.8 Å². The standard InChI is InChI=1S/C31H60O5/c1-4-5-6-7-8-9-10-11-15-18-21-24-30(33)35-26-29(32)27-36-31(34)25-22-19-16-13-12-14-17-20-23-28(2)3/h28-29,32H,4-27H2,1-3H3/t29-/m0/s1. The van der Waals surface area contributed by atoms with E-state index in [4.69, 9.17) is 9.47 Å². The number of carbonyl (C=O) groups excluding carboxylic acids is 2. The van der Waals surface area contributed by atoms with Crippen LogP contribution in [-0.4, -0.2) is 36.4 Å². The molecule has 0 rings (SSSR count). The van der Waals surface area contributed by atoms with Gasteiger partial charge in [0.1, 0.15) is 19.3 Å². The molecule has 1 N–H and O–H groups in total. The van der Waals surface area contributed by atoms with Crippen LogP contribution in [0.1, 0.15) is 162 Å². The number of ether oxygens (including phenoxy) is 2. The fourth-order valence-electron chi connectivity index (χ4n) is 4.39. The van der Waals surface area contributed by atoms with Crippen molar-refractivity contribution in [3.63, 3.8) is 0 Å². The summed E-state index contributed by atoms with van der Waals surface area (Å²) in [5.41, 5.74) is 0. The highest BCUT2D eigenvalue weighted by atomic mass is 16.6. The predicted molar refractivity (Wildman–Crippen MR) is 150 cm³/mol. The highest BCUT2D eigenvalue weighted by molar-refractivity contribution is 5.69. The molecule has 0 aliphatic heterocycles. The van der Waals surface area contributed by atoms with Gasteiger partial charge in [-0.25, -0.2) is 0 Å². The van der Waals surface area contributed by atoms with E-state index in [2.05, 4.69) is 20.8 Å². The number of hydrogen-bond donors (Lipinski definition) is 1. The van der Waals surface area contributed by atoms with Crippen LogP contribution in [0.15, 0.2) is 0 Å². The summed E-state index contributed by atoms with van der Waals surface area (Å²) in [4.78, 5) is 23.7. The van der Waals surface area contributed by atoms with Crippen molar-refractivity contribution in [2.45, 2.75) is 168 Å². The molecule has 0 saturated heterocycles. The van der Waals surface area contributed by atoms with Gasteiger partial charge in [-0.1, -0.05) is 136 Å². The molecule has 0 aromatic heterocycles. The molecule has 0 spiro atoms. The van der Waals surface area contributed by atoms with Crippen LogP contribution in [0.5, 0.6) is 0 Å². The van der Waals surface area contributed by atoms with E-state index in [1.807, 2.05) is 0 Å². The number of aliphatic hydroxyl groups excluding tert-OH is 1. The summed E-state index contributed by atoms with van der Waals surface area (Å²) < 4.78 is 10.2. The van der Waals surface area contributed by atoms with Crippen LogP contribution in [0.2, 0.25) is 0 Å². The summed E-state index contributed by atoms with van der Waals surface area (Å²) in [7, 11) is 0. The van der Waals surface area contributed by atoms with Crippen LogP contribution in [0.4, 0.5) is 0 Å². The summed E-state index contributed by atoms with van der Waals surface area (Å²) in [5.74, 6) is 0.246. The van der Waals surface area contributed by atoms with E-state index >= 15 is 0 Å². The minimum absolute atomic E-state index is 0.110. The molecule has 36 heavy (non-hydrogen) atoms. The van der Waals surface area contributed by atoms with Gasteiger partial charge in [0.25, 0.3) is 0 Å². The molecule has 0 amide bonds. The Labute approximate surface area is 223 Å². The monoisotopic (exact) mass is 512 g/mol. The number of rotatable bonds is 27. The highest BCUT2D eigenvalue weighted by Gasteiger charge is 2.12. The fraction of sp³-hybridized carbons (Fsp3) is 0.935. The first kappa shape index (κ1) is 34.9. The van der Waals surface area contributed by atoms with Crippen molar-refractivity contribution in [3.8, 4) is 0 Å². The Morgan fingerprint density at radius 3 is 1.25 bits per heavy atom. The number of esters is 2. The first-order valence-electron chi connectivity index (χ1n) is 15.4. The third kappa shape index (κ3) is 27.5. The Balaban J connectivity index is 3.43. The Bertz CT molecular complexity index is 491. The maximum Gasteiger partial charge on any atom is 0.305 e. The van der Waals surface area contributed by atoms with Crippen molar-refractivity contribution in [2.75, 3.05) is 13.2 Å². The van der Waals surface area contributed by atoms with Crippen molar-refractivity contribution in [1.82, 2.24) is 0 Å². The number of aliphatic hydroxyl groups is 1. The zero-order chi connectivity index (χ0) is 26.7. The van der Waals surface area contributed by atoms with E-state index in [0.29, 0.717) is 12.8 Å². The molecule has 0 aromatic carbocycles. The third-order valence-corrected chi connectivity index (χ3v) is 6.77. The molecule has 1 atom stereocenters. The molecule has 0 saturated carbocycles. The van der Waals surface area contributed by atoms with Crippen LogP contribution in [-0.2, 0) is 19.1 Å². The second-order valence-electron chi connectivity index (χ2n) is 11.1. The zero-order valence-electron chi connectivity index (χ0n) is 24.2. The van der Waals surface area contributed by atoms with Gasteiger partial charge in [0.15, 0.2) is 0 Å². The van der Waals surface area contributed by atoms with Crippen molar-refractivity contribution in [3.05, 3.63) is 0 Å². The molecule has 0 unspecified atom stereocenters. The Hall–Kier alpha value is -1.10. The van der Waals surface area contributed by atoms with E-state index < -0.39 is 6.10 Å². The molecular weight excluding hydrogens is 452 g/mol. The van der Waals surface area contributed by atoms with Crippen molar-refractivity contribution in [1.29, 1.82) is 0 Å². The average molecular weight is 513 g/mol. The molecule has 0 fully saturated rings. The fourth-order valence-corrected chi connectivity index (χ4v) is 4.39. The molecule has 5 heteroatoms. The first-order chi connectivity index (χ1) is 17.5. The van der Waals surface area contributed by atoms with Gasteiger partial charge < -0.3 is 14.6 Å². The average Bonchev–Trinajstić information content (AvgIpc) is 2.85. The number of unbranched alkanes of at least 4 members (excludes halogenated alkanes) is 17. The number of hydrogen-bond acceptors (Lipinski definition) is 5. The number of carbonyl (C=O) groups is 2. The molecule has 5 nitrogen and oxygen atoms in total. The summed E-state index contributed by atoms with van der Waals surface area (Å²) in [6.45, 7) is 6.58. The van der Waals surface area contributed by atoms with E-state index in [1.165, 1.54) is 96.3 Å². The normalized spacial score (nSPS) is 12.1. The lowest BCUT2D eigenvalue weighted by Crippen LogP contribution is -2.25. The van der Waals surface area contributed by atoms with E-state index in [1.54, 1.807) is 0 Å². The lowest BCUT2D eigenvalue weighted by atomic mass is 10.0. The maximum absolute atomic E-state index is 11.8. The lowest BCUT2D eigenvalue weighted by Gasteiger charge is -2.12. The van der Waals surface area contributed by atoms with Gasteiger partial charge in [-0.2, -0.15) is 0 Å². The van der Waals surface area contributed by atoms with Crippen LogP contribution < -0.4 is 0 Å². The molecule has 0 aliphatic carbocycles. The van der Waals surface area contributed by atoms with Gasteiger partial charge in [0, 0.05) is 12.8 Å². The van der Waals surface area contributed by atoms with Gasteiger partial charge in [0.05, 0.1) is 0 Å². The largest absolute Gasteiger partial charge is 0.463 e. The van der Waals surface area contributed by atoms with E-state index in [9.17, 15) is 14.7 Å². The predicted octanol–water partition coefficient (Wildman–Crippen LogP) is 8.69.